The molecule has 0 amide bonds. The van der Waals surface area contributed by atoms with E-state index in [1.54, 1.807) is 12.4 Å². The van der Waals surface area contributed by atoms with Gasteiger partial charge in [0.2, 0.25) is 0 Å². The zero-order chi connectivity index (χ0) is 8.53. The third-order valence-corrected chi connectivity index (χ3v) is 1.20. The van der Waals surface area contributed by atoms with Gasteiger partial charge in [-0.15, -0.1) is 0 Å². The van der Waals surface area contributed by atoms with Crippen molar-refractivity contribution in [3.05, 3.63) is 12.8 Å². The van der Waals surface area contributed by atoms with Crippen LogP contribution in [0.2, 0.25) is 0 Å². The Morgan fingerprint density at radius 2 is 2.09 bits per heavy atom. The minimum absolute atomic E-state index is 0.725. The molecule has 0 fully saturated rings. The summed E-state index contributed by atoms with van der Waals surface area (Å²) in [6, 6.07) is 0. The predicted octanol–water partition coefficient (Wildman–Crippen LogP) is 2.32. The molecule has 0 aliphatic heterocycles. The van der Waals surface area contributed by atoms with Crippen LogP contribution < -0.4 is 0 Å². The SMILES string of the molecule is C=CN=CC=NCCC(C)C. The highest BCUT2D eigenvalue weighted by atomic mass is 14.7. The molecular formula is C9H16N2. The second kappa shape index (κ2) is 7.19. The van der Waals surface area contributed by atoms with E-state index in [0.29, 0.717) is 0 Å². The number of hydrogen-bond donors (Lipinski definition) is 0. The molecule has 0 bridgehead atoms. The lowest BCUT2D eigenvalue weighted by Gasteiger charge is -1.97. The molecule has 0 aromatic heterocycles. The first-order chi connectivity index (χ1) is 5.27. The van der Waals surface area contributed by atoms with Crippen LogP contribution in [-0.2, 0) is 0 Å². The molecule has 11 heavy (non-hydrogen) atoms. The number of nitrogens with zero attached hydrogens (tertiary/aromatic N) is 2. The maximum atomic E-state index is 4.13. The second-order valence-electron chi connectivity index (χ2n) is 2.72. The van der Waals surface area contributed by atoms with Crippen LogP contribution in [-0.4, -0.2) is 19.0 Å². The first kappa shape index (κ1) is 10.1. The number of rotatable bonds is 5. The van der Waals surface area contributed by atoms with Gasteiger partial charge in [-0.05, 0) is 12.3 Å². The molecule has 62 valence electrons. The van der Waals surface area contributed by atoms with Crippen LogP contribution in [0.4, 0.5) is 0 Å². The summed E-state index contributed by atoms with van der Waals surface area (Å²) in [5, 5.41) is 0. The molecule has 0 heterocycles. The van der Waals surface area contributed by atoms with E-state index in [2.05, 4.69) is 30.4 Å². The molecule has 0 spiro atoms. The van der Waals surface area contributed by atoms with Crippen molar-refractivity contribution in [1.29, 1.82) is 0 Å². The fourth-order valence-corrected chi connectivity index (χ4v) is 0.554. The fraction of sp³-hybridized carbons (Fsp3) is 0.556. The predicted molar refractivity (Wildman–Crippen MR) is 51.5 cm³/mol. The average molecular weight is 152 g/mol. The standard InChI is InChI=1S/C9H16N2/c1-4-10-7-8-11-6-5-9(2)3/h4,7-9H,1,5-6H2,2-3H3. The summed E-state index contributed by atoms with van der Waals surface area (Å²) in [7, 11) is 0. The van der Waals surface area contributed by atoms with Crippen molar-refractivity contribution in [1.82, 2.24) is 0 Å². The van der Waals surface area contributed by atoms with Crippen LogP contribution in [0.15, 0.2) is 22.8 Å². The molecule has 0 atom stereocenters. The third-order valence-electron chi connectivity index (χ3n) is 1.20. The highest BCUT2D eigenvalue weighted by molar-refractivity contribution is 6.16. The Morgan fingerprint density at radius 1 is 1.36 bits per heavy atom. The molecule has 0 rings (SSSR count). The van der Waals surface area contributed by atoms with Gasteiger partial charge < -0.3 is 0 Å². The van der Waals surface area contributed by atoms with Crippen LogP contribution in [0.1, 0.15) is 20.3 Å². The summed E-state index contributed by atoms with van der Waals surface area (Å²) in [5.74, 6) is 0.725. The first-order valence-corrected chi connectivity index (χ1v) is 3.90. The van der Waals surface area contributed by atoms with Gasteiger partial charge in [0, 0.05) is 25.2 Å². The second-order valence-corrected chi connectivity index (χ2v) is 2.72. The Labute approximate surface area is 68.8 Å². The average Bonchev–Trinajstić information content (AvgIpc) is 1.96. The van der Waals surface area contributed by atoms with E-state index in [-0.39, 0.29) is 0 Å². The van der Waals surface area contributed by atoms with Gasteiger partial charge in [-0.25, -0.2) is 0 Å². The lowest BCUT2D eigenvalue weighted by Crippen LogP contribution is -1.90. The number of hydrogen-bond acceptors (Lipinski definition) is 2. The fourth-order valence-electron chi connectivity index (χ4n) is 0.554. The van der Waals surface area contributed by atoms with Gasteiger partial charge in [-0.3, -0.25) is 9.98 Å². The highest BCUT2D eigenvalue weighted by Crippen LogP contribution is 1.97. The van der Waals surface area contributed by atoms with E-state index < -0.39 is 0 Å². The summed E-state index contributed by atoms with van der Waals surface area (Å²) < 4.78 is 0. The Bertz CT molecular complexity index is 146. The molecule has 0 saturated carbocycles. The smallest absolute Gasteiger partial charge is 0.0446 e. The molecule has 0 aromatic rings. The molecule has 2 nitrogen and oxygen atoms in total. The van der Waals surface area contributed by atoms with Crippen LogP contribution >= 0.6 is 0 Å². The summed E-state index contributed by atoms with van der Waals surface area (Å²) in [5.41, 5.74) is 0. The lowest BCUT2D eigenvalue weighted by molar-refractivity contribution is 0.598. The zero-order valence-electron chi connectivity index (χ0n) is 7.33. The monoisotopic (exact) mass is 152 g/mol. The van der Waals surface area contributed by atoms with Gasteiger partial charge in [0.25, 0.3) is 0 Å². The van der Waals surface area contributed by atoms with Crippen LogP contribution in [0.25, 0.3) is 0 Å². The first-order valence-electron chi connectivity index (χ1n) is 3.90. The van der Waals surface area contributed by atoms with Crippen molar-refractivity contribution in [3.63, 3.8) is 0 Å². The van der Waals surface area contributed by atoms with E-state index in [9.17, 15) is 0 Å². The van der Waals surface area contributed by atoms with Gasteiger partial charge in [0.1, 0.15) is 0 Å². The maximum absolute atomic E-state index is 4.13. The molecular weight excluding hydrogens is 136 g/mol. The molecule has 2 heteroatoms. The summed E-state index contributed by atoms with van der Waals surface area (Å²) in [6.07, 6.45) is 5.99. The normalized spacial score (nSPS) is 11.9. The molecule has 0 unspecified atom stereocenters. The van der Waals surface area contributed by atoms with Crippen LogP contribution in [0.3, 0.4) is 0 Å². The van der Waals surface area contributed by atoms with Crippen LogP contribution in [0, 0.1) is 5.92 Å². The largest absolute Gasteiger partial charge is 0.292 e. The van der Waals surface area contributed by atoms with E-state index in [1.165, 1.54) is 6.20 Å². The van der Waals surface area contributed by atoms with Gasteiger partial charge >= 0.3 is 0 Å². The van der Waals surface area contributed by atoms with Crippen LogP contribution in [0.5, 0.6) is 0 Å². The molecule has 0 N–H and O–H groups in total. The van der Waals surface area contributed by atoms with Crippen molar-refractivity contribution in [2.45, 2.75) is 20.3 Å². The Hall–Kier alpha value is -0.920. The summed E-state index contributed by atoms with van der Waals surface area (Å²) in [6.45, 7) is 8.71. The van der Waals surface area contributed by atoms with Crippen molar-refractivity contribution >= 4 is 12.4 Å². The molecule has 0 aliphatic carbocycles. The Kier molecular flexibility index (Phi) is 6.59. The minimum Gasteiger partial charge on any atom is -0.292 e. The maximum Gasteiger partial charge on any atom is 0.0446 e. The van der Waals surface area contributed by atoms with E-state index in [1.807, 2.05) is 0 Å². The van der Waals surface area contributed by atoms with Gasteiger partial charge in [0.05, 0.1) is 0 Å². The lowest BCUT2D eigenvalue weighted by atomic mass is 10.1. The summed E-state index contributed by atoms with van der Waals surface area (Å²) in [4.78, 5) is 7.90. The Balaban J connectivity index is 3.30. The van der Waals surface area contributed by atoms with E-state index in [0.717, 1.165) is 18.9 Å². The van der Waals surface area contributed by atoms with Crippen molar-refractivity contribution in [3.8, 4) is 0 Å². The highest BCUT2D eigenvalue weighted by Gasteiger charge is 1.88. The van der Waals surface area contributed by atoms with Crippen molar-refractivity contribution in [2.24, 2.45) is 15.9 Å². The third kappa shape index (κ3) is 9.08. The molecule has 0 saturated heterocycles. The summed E-state index contributed by atoms with van der Waals surface area (Å²) >= 11 is 0. The minimum atomic E-state index is 0.725. The van der Waals surface area contributed by atoms with Gasteiger partial charge in [-0.1, -0.05) is 20.4 Å². The molecule has 0 radical (unpaired) electrons. The van der Waals surface area contributed by atoms with E-state index >= 15 is 0 Å². The number of aliphatic imine (C=N–C) groups is 2. The Morgan fingerprint density at radius 3 is 2.64 bits per heavy atom. The topological polar surface area (TPSA) is 24.7 Å². The van der Waals surface area contributed by atoms with Gasteiger partial charge in [-0.2, -0.15) is 0 Å². The molecule has 0 aliphatic rings. The van der Waals surface area contributed by atoms with E-state index in [4.69, 9.17) is 0 Å². The quantitative estimate of drug-likeness (QED) is 0.540. The zero-order valence-corrected chi connectivity index (χ0v) is 7.33. The molecule has 0 aromatic carbocycles. The van der Waals surface area contributed by atoms with Crippen molar-refractivity contribution in [2.75, 3.05) is 6.54 Å². The van der Waals surface area contributed by atoms with Crippen molar-refractivity contribution < 1.29 is 0 Å². The van der Waals surface area contributed by atoms with Gasteiger partial charge in [0.15, 0.2) is 0 Å².